The van der Waals surface area contributed by atoms with E-state index in [4.69, 9.17) is 11.4 Å². The van der Waals surface area contributed by atoms with E-state index in [-0.39, 0.29) is 0 Å². The van der Waals surface area contributed by atoms with E-state index in [1.165, 1.54) is 33.4 Å². The van der Waals surface area contributed by atoms with Gasteiger partial charge in [0.2, 0.25) is 0 Å². The maximum absolute atomic E-state index is 5.49. The molecule has 0 aliphatic carbocycles. The molecule has 2 nitrogen and oxygen atoms in total. The van der Waals surface area contributed by atoms with Crippen molar-refractivity contribution in [2.24, 2.45) is 4.99 Å². The van der Waals surface area contributed by atoms with Crippen LogP contribution in [0.25, 0.3) is 22.8 Å². The summed E-state index contributed by atoms with van der Waals surface area (Å²) in [5, 5.41) is 0. The smallest absolute Gasteiger partial charge is 0.0704 e. The van der Waals surface area contributed by atoms with Crippen molar-refractivity contribution in [3.8, 4) is 23.5 Å². The zero-order valence-electron chi connectivity index (χ0n) is 23.0. The van der Waals surface area contributed by atoms with E-state index < -0.39 is 0 Å². The summed E-state index contributed by atoms with van der Waals surface area (Å²) in [5.74, 6) is 2.60. The number of fused-ring (bicyclic) bond motifs is 1. The molecule has 3 aromatic carbocycles. The number of rotatable bonds is 8. The van der Waals surface area contributed by atoms with Crippen molar-refractivity contribution in [3.63, 3.8) is 0 Å². The molecule has 4 aromatic rings. The van der Waals surface area contributed by atoms with Gasteiger partial charge in [0.05, 0.1) is 11.4 Å². The van der Waals surface area contributed by atoms with Crippen LogP contribution >= 0.6 is 0 Å². The zero-order valence-corrected chi connectivity index (χ0v) is 23.0. The summed E-state index contributed by atoms with van der Waals surface area (Å²) in [6, 6.07) is 25.9. The van der Waals surface area contributed by atoms with Gasteiger partial charge >= 0.3 is 0 Å². The summed E-state index contributed by atoms with van der Waals surface area (Å²) >= 11 is 0. The standard InChI is InChI=1S/C38H32N2/c1-4-6-8-10-29-13-15-31(16-14-29)32-17-20-33(21-18-32)37-26-36-25-28(3)24-34(38(36)40-37)22-19-30(11-7-5-2)35-12-9-23-39-27-35/h2,4,6-21,23-25,27H,22,26H2,1,3H3/b6-4-,10-8-,11-7-,30-19+. The van der Waals surface area contributed by atoms with Gasteiger partial charge in [0.1, 0.15) is 0 Å². The van der Waals surface area contributed by atoms with E-state index in [9.17, 15) is 0 Å². The van der Waals surface area contributed by atoms with E-state index >= 15 is 0 Å². The molecular formula is C38H32N2. The number of nitrogens with zero attached hydrogens (tertiary/aromatic N) is 2. The number of allylic oxidation sites excluding steroid dienone is 7. The first kappa shape index (κ1) is 26.6. The molecule has 0 radical (unpaired) electrons. The third-order valence-corrected chi connectivity index (χ3v) is 6.97. The summed E-state index contributed by atoms with van der Waals surface area (Å²) in [4.78, 5) is 9.41. The zero-order chi connectivity index (χ0) is 27.7. The molecule has 0 unspecified atom stereocenters. The van der Waals surface area contributed by atoms with Gasteiger partial charge in [-0.25, -0.2) is 0 Å². The highest BCUT2D eigenvalue weighted by atomic mass is 14.8. The highest BCUT2D eigenvalue weighted by molar-refractivity contribution is 6.07. The normalized spacial score (nSPS) is 13.2. The number of hydrogen-bond donors (Lipinski definition) is 0. The molecule has 40 heavy (non-hydrogen) atoms. The van der Waals surface area contributed by atoms with Crippen molar-refractivity contribution in [1.82, 2.24) is 4.98 Å². The first-order valence-electron chi connectivity index (χ1n) is 13.6. The Bertz CT molecular complexity index is 1670. The molecule has 1 aliphatic heterocycles. The van der Waals surface area contributed by atoms with E-state index in [2.05, 4.69) is 103 Å². The Morgan fingerprint density at radius 3 is 2.40 bits per heavy atom. The Balaban J connectivity index is 1.38. The van der Waals surface area contributed by atoms with Crippen molar-refractivity contribution < 1.29 is 0 Å². The molecule has 1 aromatic heterocycles. The first-order chi connectivity index (χ1) is 19.6. The van der Waals surface area contributed by atoms with Gasteiger partial charge < -0.3 is 0 Å². The fourth-order valence-corrected chi connectivity index (χ4v) is 4.98. The van der Waals surface area contributed by atoms with Gasteiger partial charge in [-0.1, -0.05) is 109 Å². The fourth-order valence-electron chi connectivity index (χ4n) is 4.98. The Kier molecular flexibility index (Phi) is 8.44. The van der Waals surface area contributed by atoms with Crippen LogP contribution in [-0.4, -0.2) is 10.7 Å². The third-order valence-electron chi connectivity index (χ3n) is 6.97. The highest BCUT2D eigenvalue weighted by Crippen LogP contribution is 2.35. The van der Waals surface area contributed by atoms with E-state index in [0.29, 0.717) is 0 Å². The monoisotopic (exact) mass is 516 g/mol. The van der Waals surface area contributed by atoms with Gasteiger partial charge in [0.25, 0.3) is 0 Å². The van der Waals surface area contributed by atoms with Gasteiger partial charge in [-0.15, -0.1) is 6.42 Å². The molecule has 0 amide bonds. The molecule has 5 rings (SSSR count). The van der Waals surface area contributed by atoms with Crippen molar-refractivity contribution >= 4 is 23.0 Å². The average molecular weight is 517 g/mol. The molecule has 2 heterocycles. The van der Waals surface area contributed by atoms with Crippen LogP contribution in [0.5, 0.6) is 0 Å². The second kappa shape index (κ2) is 12.7. The van der Waals surface area contributed by atoms with Crippen LogP contribution in [-0.2, 0) is 12.8 Å². The summed E-state index contributed by atoms with van der Waals surface area (Å²) in [6.07, 6.45) is 24.9. The van der Waals surface area contributed by atoms with Crippen LogP contribution in [0.1, 0.15) is 40.3 Å². The minimum Gasteiger partial charge on any atom is -0.264 e. The number of pyridine rings is 1. The molecule has 0 spiro atoms. The lowest BCUT2D eigenvalue weighted by Crippen LogP contribution is -2.00. The minimum absolute atomic E-state index is 0.763. The number of benzene rings is 3. The minimum atomic E-state index is 0.763. The van der Waals surface area contributed by atoms with Gasteiger partial charge in [-0.2, -0.15) is 0 Å². The second-order valence-electron chi connectivity index (χ2n) is 9.86. The van der Waals surface area contributed by atoms with Crippen LogP contribution in [0, 0.1) is 19.3 Å². The molecular weight excluding hydrogens is 484 g/mol. The van der Waals surface area contributed by atoms with Gasteiger partial charge in [0.15, 0.2) is 0 Å². The predicted octanol–water partition coefficient (Wildman–Crippen LogP) is 9.14. The lowest BCUT2D eigenvalue weighted by atomic mass is 9.96. The summed E-state index contributed by atoms with van der Waals surface area (Å²) in [6.45, 7) is 4.17. The van der Waals surface area contributed by atoms with E-state index in [1.807, 2.05) is 37.4 Å². The predicted molar refractivity (Wildman–Crippen MR) is 171 cm³/mol. The Labute approximate surface area is 237 Å². The third kappa shape index (κ3) is 6.34. The molecule has 0 fully saturated rings. The maximum Gasteiger partial charge on any atom is 0.0704 e. The molecule has 0 saturated carbocycles. The van der Waals surface area contributed by atoms with Crippen molar-refractivity contribution in [1.29, 1.82) is 0 Å². The first-order valence-corrected chi connectivity index (χ1v) is 13.6. The lowest BCUT2D eigenvalue weighted by Gasteiger charge is -2.08. The molecule has 0 saturated heterocycles. The number of hydrogen-bond acceptors (Lipinski definition) is 2. The van der Waals surface area contributed by atoms with Crippen molar-refractivity contribution in [2.45, 2.75) is 26.7 Å². The van der Waals surface area contributed by atoms with Crippen LogP contribution in [0.15, 0.2) is 127 Å². The number of aliphatic imine (C=N–C) groups is 1. The number of aryl methyl sites for hydroxylation is 1. The maximum atomic E-state index is 5.49. The van der Waals surface area contributed by atoms with E-state index in [1.54, 1.807) is 12.3 Å². The quantitative estimate of drug-likeness (QED) is 0.169. The highest BCUT2D eigenvalue weighted by Gasteiger charge is 2.19. The Morgan fingerprint density at radius 1 is 0.950 bits per heavy atom. The van der Waals surface area contributed by atoms with E-state index in [0.717, 1.165) is 40.9 Å². The van der Waals surface area contributed by atoms with Crippen LogP contribution in [0.2, 0.25) is 0 Å². The number of aromatic nitrogens is 1. The average Bonchev–Trinajstić information content (AvgIpc) is 3.42. The van der Waals surface area contributed by atoms with Crippen LogP contribution < -0.4 is 0 Å². The number of terminal acetylenes is 1. The van der Waals surface area contributed by atoms with Crippen LogP contribution in [0.4, 0.5) is 5.69 Å². The molecule has 0 bridgehead atoms. The summed E-state index contributed by atoms with van der Waals surface area (Å²) in [7, 11) is 0. The molecule has 1 aliphatic rings. The van der Waals surface area contributed by atoms with Gasteiger partial charge in [-0.05, 0) is 83.0 Å². The fraction of sp³-hybridized carbons (Fsp3) is 0.105. The van der Waals surface area contributed by atoms with Crippen molar-refractivity contribution in [3.05, 3.63) is 155 Å². The Hall–Kier alpha value is -5.00. The largest absolute Gasteiger partial charge is 0.264 e. The SMILES string of the molecule is C#C/C=C\C(=C/Cc1cc(C)cc2c1N=C(c1ccc(-c3ccc(/C=C\C=C/C)cc3)cc1)C2)c1cccnc1. The van der Waals surface area contributed by atoms with Gasteiger partial charge in [0, 0.05) is 18.8 Å². The summed E-state index contributed by atoms with van der Waals surface area (Å²) in [5.41, 5.74) is 12.8. The van der Waals surface area contributed by atoms with Crippen LogP contribution in [0.3, 0.4) is 0 Å². The summed E-state index contributed by atoms with van der Waals surface area (Å²) < 4.78 is 0. The molecule has 0 N–H and O–H groups in total. The topological polar surface area (TPSA) is 25.2 Å². The second-order valence-corrected chi connectivity index (χ2v) is 9.86. The Morgan fingerprint density at radius 2 is 1.70 bits per heavy atom. The van der Waals surface area contributed by atoms with Crippen molar-refractivity contribution in [2.75, 3.05) is 0 Å². The molecule has 0 atom stereocenters. The molecule has 2 heteroatoms. The lowest BCUT2D eigenvalue weighted by molar-refractivity contribution is 1.21. The van der Waals surface area contributed by atoms with Gasteiger partial charge in [-0.3, -0.25) is 9.98 Å². The molecule has 194 valence electrons.